The Kier molecular flexibility index (Phi) is 5.25. The van der Waals surface area contributed by atoms with Crippen molar-refractivity contribution in [2.75, 3.05) is 0 Å². The van der Waals surface area contributed by atoms with Crippen LogP contribution in [-0.4, -0.2) is 35.2 Å². The number of tetrazole rings is 1. The van der Waals surface area contributed by atoms with E-state index in [0.717, 1.165) is 54.1 Å². The smallest absolute Gasteiger partial charge is 0.198 e. The molecule has 7 nitrogen and oxygen atoms in total. The maximum absolute atomic E-state index is 4.92. The molecule has 174 valence electrons. The highest BCUT2D eigenvalue weighted by atomic mass is 15.5. The number of H-pyrrole nitrogens is 1. The van der Waals surface area contributed by atoms with Crippen LogP contribution in [0.15, 0.2) is 48.5 Å². The van der Waals surface area contributed by atoms with E-state index >= 15 is 0 Å². The summed E-state index contributed by atoms with van der Waals surface area (Å²) in [7, 11) is 0. The summed E-state index contributed by atoms with van der Waals surface area (Å²) < 4.78 is 2.28. The van der Waals surface area contributed by atoms with Crippen molar-refractivity contribution < 1.29 is 0 Å². The van der Waals surface area contributed by atoms with Crippen LogP contribution in [0.4, 0.5) is 0 Å². The second-order valence-electron chi connectivity index (χ2n) is 9.20. The summed E-state index contributed by atoms with van der Waals surface area (Å²) in [5, 5.41) is 14.6. The minimum absolute atomic E-state index is 0.584. The Balaban J connectivity index is 1.45. The predicted molar refractivity (Wildman–Crippen MR) is 137 cm³/mol. The molecular formula is C28H27N7. The zero-order valence-corrected chi connectivity index (χ0v) is 20.2. The summed E-state index contributed by atoms with van der Waals surface area (Å²) >= 11 is 0. The van der Waals surface area contributed by atoms with Crippen molar-refractivity contribution >= 4 is 22.8 Å². The Bertz CT molecular complexity index is 1570. The van der Waals surface area contributed by atoms with Gasteiger partial charge in [0.25, 0.3) is 0 Å². The first-order valence-electron chi connectivity index (χ1n) is 12.1. The number of fused-ring (bicyclic) bond motifs is 3. The molecule has 0 amide bonds. The van der Waals surface area contributed by atoms with Crippen molar-refractivity contribution in [3.8, 4) is 0 Å². The Labute approximate surface area is 204 Å². The van der Waals surface area contributed by atoms with Crippen molar-refractivity contribution in [2.24, 2.45) is 0 Å². The third-order valence-corrected chi connectivity index (χ3v) is 6.82. The molecule has 7 heteroatoms. The topological polar surface area (TPSA) is 85.2 Å². The van der Waals surface area contributed by atoms with Gasteiger partial charge in [0, 0.05) is 12.1 Å². The number of rotatable bonds is 4. The van der Waals surface area contributed by atoms with Crippen LogP contribution in [0.2, 0.25) is 0 Å². The fraction of sp³-hybridized carbons (Fsp3) is 0.250. The van der Waals surface area contributed by atoms with Crippen LogP contribution in [0.1, 0.15) is 57.6 Å². The molecule has 0 radical (unpaired) electrons. The highest BCUT2D eigenvalue weighted by molar-refractivity contribution is 5.93. The molecule has 0 spiro atoms. The van der Waals surface area contributed by atoms with E-state index in [9.17, 15) is 0 Å². The van der Waals surface area contributed by atoms with E-state index in [4.69, 9.17) is 9.97 Å². The first kappa shape index (κ1) is 21.4. The van der Waals surface area contributed by atoms with Gasteiger partial charge in [-0.05, 0) is 83.0 Å². The molecule has 3 aromatic heterocycles. The van der Waals surface area contributed by atoms with Gasteiger partial charge in [-0.3, -0.25) is 0 Å². The largest absolute Gasteiger partial charge is 0.308 e. The SMILES string of the molecule is CCc1nc2c(C)cc(C)nc2n1Cc1ccc2c(c1)CCc1ccccc1/C2=C/c1nn[nH]n1. The molecule has 0 atom stereocenters. The Morgan fingerprint density at radius 1 is 0.971 bits per heavy atom. The van der Waals surface area contributed by atoms with Crippen LogP contribution in [0.3, 0.4) is 0 Å². The molecule has 1 aliphatic rings. The van der Waals surface area contributed by atoms with E-state index in [1.165, 1.54) is 33.4 Å². The van der Waals surface area contributed by atoms with Crippen LogP contribution < -0.4 is 0 Å². The molecule has 0 unspecified atom stereocenters. The van der Waals surface area contributed by atoms with Gasteiger partial charge < -0.3 is 4.57 Å². The summed E-state index contributed by atoms with van der Waals surface area (Å²) in [5.41, 5.74) is 11.7. The Morgan fingerprint density at radius 3 is 2.63 bits per heavy atom. The third-order valence-electron chi connectivity index (χ3n) is 6.82. The second kappa shape index (κ2) is 8.58. The standard InChI is InChI=1S/C28H27N7/c1-4-26-30-27-17(2)13-18(3)29-28(27)35(26)16-19-9-12-23-21(14-19)11-10-20-7-5-6-8-22(20)24(23)15-25-31-33-34-32-25/h5-9,12-15H,4,10-11,16H2,1-3H3,(H,31,32,33,34)/b24-15-. The van der Waals surface area contributed by atoms with Crippen LogP contribution >= 0.6 is 0 Å². The van der Waals surface area contributed by atoms with E-state index in [2.05, 4.69) is 87.6 Å². The molecule has 35 heavy (non-hydrogen) atoms. The lowest BCUT2D eigenvalue weighted by atomic mass is 9.92. The summed E-state index contributed by atoms with van der Waals surface area (Å²) in [5.74, 6) is 1.65. The number of imidazole rings is 1. The van der Waals surface area contributed by atoms with E-state index in [0.29, 0.717) is 5.82 Å². The maximum Gasteiger partial charge on any atom is 0.198 e. The zero-order chi connectivity index (χ0) is 23.9. The van der Waals surface area contributed by atoms with Crippen molar-refractivity contribution in [1.29, 1.82) is 0 Å². The number of aryl methyl sites for hydroxylation is 5. The summed E-state index contributed by atoms with van der Waals surface area (Å²) in [4.78, 5) is 9.77. The highest BCUT2D eigenvalue weighted by Gasteiger charge is 2.20. The molecule has 1 aliphatic carbocycles. The first-order chi connectivity index (χ1) is 17.1. The molecule has 6 rings (SSSR count). The van der Waals surface area contributed by atoms with Crippen LogP contribution in [0, 0.1) is 13.8 Å². The molecule has 5 aromatic rings. The van der Waals surface area contributed by atoms with E-state index in [1.54, 1.807) is 0 Å². The average molecular weight is 462 g/mol. The van der Waals surface area contributed by atoms with Gasteiger partial charge in [0.1, 0.15) is 11.3 Å². The van der Waals surface area contributed by atoms with Gasteiger partial charge in [-0.25, -0.2) is 9.97 Å². The predicted octanol–water partition coefficient (Wildman–Crippen LogP) is 4.86. The van der Waals surface area contributed by atoms with Crippen molar-refractivity contribution in [3.63, 3.8) is 0 Å². The minimum Gasteiger partial charge on any atom is -0.308 e. The quantitative estimate of drug-likeness (QED) is 0.413. The summed E-state index contributed by atoms with van der Waals surface area (Å²) in [6.07, 6.45) is 4.86. The number of pyridine rings is 1. The van der Waals surface area contributed by atoms with Crippen molar-refractivity contribution in [1.82, 2.24) is 35.2 Å². The van der Waals surface area contributed by atoms with Gasteiger partial charge >= 0.3 is 0 Å². The molecule has 0 saturated carbocycles. The van der Waals surface area contributed by atoms with Crippen LogP contribution in [-0.2, 0) is 25.8 Å². The first-order valence-corrected chi connectivity index (χ1v) is 12.1. The molecule has 0 saturated heterocycles. The monoisotopic (exact) mass is 461 g/mol. The van der Waals surface area contributed by atoms with Crippen molar-refractivity contribution in [2.45, 2.75) is 46.6 Å². The number of hydrogen-bond acceptors (Lipinski definition) is 5. The summed E-state index contributed by atoms with van der Waals surface area (Å²) in [6.45, 7) is 7.07. The molecule has 0 aliphatic heterocycles. The molecule has 2 aromatic carbocycles. The molecule has 0 bridgehead atoms. The fourth-order valence-corrected chi connectivity index (χ4v) is 5.21. The number of aromatic amines is 1. The Morgan fingerprint density at radius 2 is 1.80 bits per heavy atom. The number of aromatic nitrogens is 7. The van der Waals surface area contributed by atoms with E-state index in [-0.39, 0.29) is 0 Å². The number of hydrogen-bond donors (Lipinski definition) is 1. The number of nitrogens with zero attached hydrogens (tertiary/aromatic N) is 6. The lowest BCUT2D eigenvalue weighted by molar-refractivity contribution is 0.744. The van der Waals surface area contributed by atoms with Gasteiger partial charge in [0.2, 0.25) is 0 Å². The zero-order valence-electron chi connectivity index (χ0n) is 20.2. The van der Waals surface area contributed by atoms with Gasteiger partial charge in [0.05, 0.1) is 6.54 Å². The van der Waals surface area contributed by atoms with Crippen LogP contribution in [0.5, 0.6) is 0 Å². The lowest BCUT2D eigenvalue weighted by Crippen LogP contribution is -2.07. The number of benzene rings is 2. The molecule has 1 N–H and O–H groups in total. The second-order valence-corrected chi connectivity index (χ2v) is 9.20. The van der Waals surface area contributed by atoms with Gasteiger partial charge in [-0.2, -0.15) is 5.21 Å². The molecule has 3 heterocycles. The van der Waals surface area contributed by atoms with Crippen molar-refractivity contribution in [3.05, 3.63) is 99.3 Å². The maximum atomic E-state index is 4.92. The number of nitrogens with one attached hydrogen (secondary N) is 1. The lowest BCUT2D eigenvalue weighted by Gasteiger charge is -2.14. The normalized spacial score (nSPS) is 14.2. The third kappa shape index (κ3) is 3.83. The Hall–Kier alpha value is -4.13. The molecule has 0 fully saturated rings. The average Bonchev–Trinajstić information content (AvgIpc) is 3.46. The minimum atomic E-state index is 0.584. The summed E-state index contributed by atoms with van der Waals surface area (Å²) in [6, 6.07) is 17.5. The fourth-order valence-electron chi connectivity index (χ4n) is 5.21. The molecular weight excluding hydrogens is 434 g/mol. The van der Waals surface area contributed by atoms with E-state index < -0.39 is 0 Å². The highest BCUT2D eigenvalue weighted by Crippen LogP contribution is 2.35. The van der Waals surface area contributed by atoms with Crippen LogP contribution in [0.25, 0.3) is 22.8 Å². The van der Waals surface area contributed by atoms with Gasteiger partial charge in [0.15, 0.2) is 11.5 Å². The van der Waals surface area contributed by atoms with Gasteiger partial charge in [-0.15, -0.1) is 10.2 Å². The van der Waals surface area contributed by atoms with E-state index in [1.807, 2.05) is 13.0 Å². The van der Waals surface area contributed by atoms with Gasteiger partial charge in [-0.1, -0.05) is 49.4 Å².